The zero-order chi connectivity index (χ0) is 29.2. The average molecular weight is 577 g/mol. The van der Waals surface area contributed by atoms with Gasteiger partial charge in [0.25, 0.3) is 0 Å². The molecule has 14 heteroatoms. The molecule has 1 unspecified atom stereocenters. The van der Waals surface area contributed by atoms with E-state index in [-0.39, 0.29) is 30.8 Å². The van der Waals surface area contributed by atoms with Crippen LogP contribution in [0.5, 0.6) is 17.2 Å². The molecule has 1 amide bonds. The Balaban J connectivity index is 1.85. The summed E-state index contributed by atoms with van der Waals surface area (Å²) in [6.07, 6.45) is 1.50. The number of amides is 1. The fourth-order valence-electron chi connectivity index (χ4n) is 3.86. The molecule has 1 aromatic heterocycles. The van der Waals surface area contributed by atoms with E-state index in [4.69, 9.17) is 14.2 Å². The molecule has 12 nitrogen and oxygen atoms in total. The summed E-state index contributed by atoms with van der Waals surface area (Å²) >= 11 is -2.27. The molecule has 1 heterocycles. The lowest BCUT2D eigenvalue weighted by atomic mass is 10.1. The van der Waals surface area contributed by atoms with Crippen LogP contribution < -0.4 is 30.2 Å². The first-order chi connectivity index (χ1) is 19.2. The second-order valence-electron chi connectivity index (χ2n) is 8.59. The predicted octanol–water partition coefficient (Wildman–Crippen LogP) is 3.90. The van der Waals surface area contributed by atoms with Gasteiger partial charge in [0.1, 0.15) is 0 Å². The number of benzene rings is 2. The van der Waals surface area contributed by atoms with Gasteiger partial charge in [-0.15, -0.1) is 0 Å². The van der Waals surface area contributed by atoms with Crippen molar-refractivity contribution in [1.29, 1.82) is 0 Å². The van der Waals surface area contributed by atoms with Crippen LogP contribution in [-0.4, -0.2) is 63.4 Å². The van der Waals surface area contributed by atoms with Crippen molar-refractivity contribution in [3.05, 3.63) is 53.5 Å². The van der Waals surface area contributed by atoms with Gasteiger partial charge >= 0.3 is 0 Å². The van der Waals surface area contributed by atoms with Crippen molar-refractivity contribution >= 4 is 40.3 Å². The summed E-state index contributed by atoms with van der Waals surface area (Å²) in [7, 11) is 4.48. The van der Waals surface area contributed by atoms with Crippen molar-refractivity contribution in [2.45, 2.75) is 26.8 Å². The quantitative estimate of drug-likeness (QED) is 0.165. The van der Waals surface area contributed by atoms with E-state index in [0.717, 1.165) is 11.8 Å². The molecule has 0 radical (unpaired) electrons. The molecular formula is C26H33FN6O6S. The molecule has 216 valence electrons. The standard InChI is InChI=1S/C26H33FN6O6S/c1-16-8-6-9-21(19(16)15-33(40(35)36)11-7-10-28-17(2)34)31-25-20(27)14-29-26(32-25)30-18-12-22(37-3)24(39-5)23(13-18)38-4/h6,8-9,12-14H,7,10-11,15H2,1-5H3,(H,28,34)(H,35,36)(H2,29,30,31,32). The van der Waals surface area contributed by atoms with Crippen LogP contribution >= 0.6 is 0 Å². The van der Waals surface area contributed by atoms with E-state index in [0.29, 0.717) is 47.2 Å². The summed E-state index contributed by atoms with van der Waals surface area (Å²) in [5, 5.41) is 8.68. The first-order valence-electron chi connectivity index (χ1n) is 12.2. The maximum Gasteiger partial charge on any atom is 0.234 e. The lowest BCUT2D eigenvalue weighted by Crippen LogP contribution is -2.30. The minimum Gasteiger partial charge on any atom is -0.493 e. The highest BCUT2D eigenvalue weighted by Crippen LogP contribution is 2.40. The van der Waals surface area contributed by atoms with Crippen LogP contribution in [0.4, 0.5) is 27.5 Å². The fraction of sp³-hybridized carbons (Fsp3) is 0.346. The van der Waals surface area contributed by atoms with Crippen LogP contribution in [-0.2, 0) is 22.6 Å². The van der Waals surface area contributed by atoms with Crippen molar-refractivity contribution < 1.29 is 32.2 Å². The van der Waals surface area contributed by atoms with Gasteiger partial charge in [-0.3, -0.25) is 9.35 Å². The number of anilines is 4. The van der Waals surface area contributed by atoms with Crippen LogP contribution in [0, 0.1) is 12.7 Å². The van der Waals surface area contributed by atoms with Gasteiger partial charge in [-0.05, 0) is 30.5 Å². The molecule has 4 N–H and O–H groups in total. The second-order valence-corrected chi connectivity index (χ2v) is 9.56. The van der Waals surface area contributed by atoms with E-state index < -0.39 is 17.1 Å². The predicted molar refractivity (Wildman–Crippen MR) is 150 cm³/mol. The van der Waals surface area contributed by atoms with Crippen molar-refractivity contribution in [3.8, 4) is 17.2 Å². The molecular weight excluding hydrogens is 543 g/mol. The molecule has 40 heavy (non-hydrogen) atoms. The number of methoxy groups -OCH3 is 3. The molecule has 0 spiro atoms. The number of ether oxygens (including phenoxy) is 3. The minimum absolute atomic E-state index is 0.0980. The van der Waals surface area contributed by atoms with Gasteiger partial charge in [-0.25, -0.2) is 13.6 Å². The number of rotatable bonds is 14. The van der Waals surface area contributed by atoms with E-state index in [1.54, 1.807) is 24.3 Å². The van der Waals surface area contributed by atoms with E-state index in [1.807, 2.05) is 13.0 Å². The van der Waals surface area contributed by atoms with Crippen molar-refractivity contribution in [2.24, 2.45) is 0 Å². The largest absolute Gasteiger partial charge is 0.493 e. The number of nitrogens with zero attached hydrogens (tertiary/aromatic N) is 3. The third-order valence-corrected chi connectivity index (χ3v) is 6.60. The summed E-state index contributed by atoms with van der Waals surface area (Å²) in [5.41, 5.74) is 2.53. The van der Waals surface area contributed by atoms with Gasteiger partial charge in [-0.2, -0.15) is 9.29 Å². The summed E-state index contributed by atoms with van der Waals surface area (Å²) in [6, 6.07) is 8.69. The molecule has 2 aromatic carbocycles. The van der Waals surface area contributed by atoms with Gasteiger partial charge in [0.05, 0.1) is 27.5 Å². The Morgan fingerprint density at radius 2 is 1.82 bits per heavy atom. The molecule has 3 rings (SSSR count). The van der Waals surface area contributed by atoms with E-state index >= 15 is 0 Å². The molecule has 0 aliphatic heterocycles. The highest BCUT2D eigenvalue weighted by atomic mass is 32.2. The Morgan fingerprint density at radius 1 is 1.12 bits per heavy atom. The summed E-state index contributed by atoms with van der Waals surface area (Å²) in [4.78, 5) is 19.4. The molecule has 1 atom stereocenters. The van der Waals surface area contributed by atoms with Crippen molar-refractivity contribution in [1.82, 2.24) is 19.6 Å². The molecule has 0 bridgehead atoms. The van der Waals surface area contributed by atoms with Crippen molar-refractivity contribution in [2.75, 3.05) is 45.1 Å². The third kappa shape index (κ3) is 8.00. The third-order valence-electron chi connectivity index (χ3n) is 5.84. The maximum absolute atomic E-state index is 14.8. The fourth-order valence-corrected chi connectivity index (χ4v) is 4.39. The highest BCUT2D eigenvalue weighted by Gasteiger charge is 2.18. The number of aromatic nitrogens is 2. The lowest BCUT2D eigenvalue weighted by Gasteiger charge is -2.21. The van der Waals surface area contributed by atoms with E-state index in [2.05, 4.69) is 25.9 Å². The van der Waals surface area contributed by atoms with Crippen LogP contribution in [0.3, 0.4) is 0 Å². The van der Waals surface area contributed by atoms with Gasteiger partial charge in [0.2, 0.25) is 28.9 Å². The Hall–Kier alpha value is -4.01. The first kappa shape index (κ1) is 30.5. The lowest BCUT2D eigenvalue weighted by molar-refractivity contribution is -0.118. The van der Waals surface area contributed by atoms with Gasteiger partial charge in [-0.1, -0.05) is 12.1 Å². The molecule has 0 aliphatic carbocycles. The number of carbonyl (C=O) groups is 1. The SMILES string of the molecule is COc1cc(Nc2ncc(F)c(Nc3cccc(C)c3CN(CCCNC(C)=O)S(=O)O)n2)cc(OC)c1OC. The van der Waals surface area contributed by atoms with E-state index in [1.165, 1.54) is 32.6 Å². The number of nitrogens with one attached hydrogen (secondary N) is 3. The number of hydrogen-bond donors (Lipinski definition) is 4. The number of hydrogen-bond acceptors (Lipinski definition) is 9. The summed E-state index contributed by atoms with van der Waals surface area (Å²) in [5.74, 6) is 0.378. The van der Waals surface area contributed by atoms with Gasteiger partial charge in [0, 0.05) is 50.1 Å². The maximum atomic E-state index is 14.8. The Kier molecular flexibility index (Phi) is 11.0. The van der Waals surface area contributed by atoms with Crippen LogP contribution in [0.25, 0.3) is 0 Å². The zero-order valence-corrected chi connectivity index (χ0v) is 23.7. The Morgan fingerprint density at radius 3 is 2.42 bits per heavy atom. The Labute approximate surface area is 234 Å². The van der Waals surface area contributed by atoms with E-state index in [9.17, 15) is 17.9 Å². The molecule has 0 saturated heterocycles. The molecule has 3 aromatic rings. The number of carbonyl (C=O) groups excluding carboxylic acids is 1. The summed E-state index contributed by atoms with van der Waals surface area (Å²) in [6.45, 7) is 3.98. The highest BCUT2D eigenvalue weighted by molar-refractivity contribution is 7.76. The molecule has 0 aliphatic rings. The van der Waals surface area contributed by atoms with Crippen molar-refractivity contribution in [3.63, 3.8) is 0 Å². The number of halogens is 1. The van der Waals surface area contributed by atoms with Crippen LogP contribution in [0.2, 0.25) is 0 Å². The zero-order valence-electron chi connectivity index (χ0n) is 22.9. The molecule has 0 fully saturated rings. The number of aryl methyl sites for hydroxylation is 1. The monoisotopic (exact) mass is 576 g/mol. The minimum atomic E-state index is -2.27. The van der Waals surface area contributed by atoms with Crippen LogP contribution in [0.1, 0.15) is 24.5 Å². The second kappa shape index (κ2) is 14.4. The Bertz CT molecular complexity index is 1340. The summed E-state index contributed by atoms with van der Waals surface area (Å²) < 4.78 is 54.1. The van der Waals surface area contributed by atoms with Crippen LogP contribution in [0.15, 0.2) is 36.5 Å². The van der Waals surface area contributed by atoms with Gasteiger partial charge in [0.15, 0.2) is 23.1 Å². The smallest absolute Gasteiger partial charge is 0.234 e. The molecule has 0 saturated carbocycles. The average Bonchev–Trinajstić information content (AvgIpc) is 2.92. The first-order valence-corrected chi connectivity index (χ1v) is 13.3. The topological polar surface area (TPSA) is 147 Å². The van der Waals surface area contributed by atoms with Gasteiger partial charge < -0.3 is 30.2 Å². The normalized spacial score (nSPS) is 11.6.